The Labute approximate surface area is 117 Å². The lowest BCUT2D eigenvalue weighted by Gasteiger charge is -2.27. The number of H-pyrrole nitrogens is 1. The fourth-order valence-electron chi connectivity index (χ4n) is 3.07. The summed E-state index contributed by atoms with van der Waals surface area (Å²) in [6.07, 6.45) is 4.35. The summed E-state index contributed by atoms with van der Waals surface area (Å²) in [6, 6.07) is 9.69. The Hall–Kier alpha value is -1.88. The molecule has 1 saturated carbocycles. The fourth-order valence-corrected chi connectivity index (χ4v) is 3.07. The van der Waals surface area contributed by atoms with Crippen LogP contribution in [0, 0.1) is 5.92 Å². The number of benzene rings is 1. The van der Waals surface area contributed by atoms with Crippen molar-refractivity contribution >= 4 is 0 Å². The molecule has 1 aliphatic carbocycles. The van der Waals surface area contributed by atoms with Crippen molar-refractivity contribution in [1.29, 1.82) is 0 Å². The van der Waals surface area contributed by atoms with Gasteiger partial charge >= 0.3 is 5.69 Å². The number of para-hydroxylation sites is 1. The first-order chi connectivity index (χ1) is 9.79. The Morgan fingerprint density at radius 1 is 1.20 bits per heavy atom. The van der Waals surface area contributed by atoms with E-state index in [1.54, 1.807) is 4.57 Å². The molecular weight excluding hydrogens is 252 g/mol. The Balaban J connectivity index is 1.90. The molecule has 1 aromatic carbocycles. The van der Waals surface area contributed by atoms with E-state index in [2.05, 4.69) is 10.2 Å². The van der Waals surface area contributed by atoms with E-state index in [1.165, 1.54) is 0 Å². The van der Waals surface area contributed by atoms with Crippen LogP contribution >= 0.6 is 0 Å². The Bertz CT molecular complexity index is 608. The van der Waals surface area contributed by atoms with E-state index in [4.69, 9.17) is 5.73 Å². The summed E-state index contributed by atoms with van der Waals surface area (Å²) in [4.78, 5) is 12.0. The molecule has 1 aliphatic rings. The highest BCUT2D eigenvalue weighted by atomic mass is 16.1. The molecule has 0 amide bonds. The summed E-state index contributed by atoms with van der Waals surface area (Å²) in [7, 11) is 0. The van der Waals surface area contributed by atoms with Gasteiger partial charge in [-0.3, -0.25) is 0 Å². The zero-order valence-electron chi connectivity index (χ0n) is 11.5. The first kappa shape index (κ1) is 13.1. The third kappa shape index (κ3) is 2.41. The van der Waals surface area contributed by atoms with E-state index < -0.39 is 0 Å². The van der Waals surface area contributed by atoms with Gasteiger partial charge in [0.1, 0.15) is 5.82 Å². The smallest absolute Gasteiger partial charge is 0.330 e. The molecule has 0 spiro atoms. The van der Waals surface area contributed by atoms with Gasteiger partial charge in [-0.1, -0.05) is 18.2 Å². The number of rotatable bonds is 3. The summed E-state index contributed by atoms with van der Waals surface area (Å²) in [6.45, 7) is 0.763. The highest BCUT2D eigenvalue weighted by molar-refractivity contribution is 5.32. The Morgan fingerprint density at radius 3 is 2.55 bits per heavy atom. The lowest BCUT2D eigenvalue weighted by molar-refractivity contribution is 0.323. The van der Waals surface area contributed by atoms with Crippen molar-refractivity contribution in [3.8, 4) is 5.69 Å². The maximum atomic E-state index is 12.0. The Morgan fingerprint density at radius 2 is 1.90 bits per heavy atom. The van der Waals surface area contributed by atoms with Gasteiger partial charge in [-0.05, 0) is 50.3 Å². The van der Waals surface area contributed by atoms with Gasteiger partial charge in [-0.15, -0.1) is 0 Å². The number of nitrogens with one attached hydrogen (secondary N) is 1. The molecule has 5 nitrogen and oxygen atoms in total. The van der Waals surface area contributed by atoms with Crippen LogP contribution in [0.5, 0.6) is 0 Å². The highest BCUT2D eigenvalue weighted by Gasteiger charge is 2.26. The minimum absolute atomic E-state index is 0.160. The molecule has 3 N–H and O–H groups in total. The van der Waals surface area contributed by atoms with Crippen molar-refractivity contribution < 1.29 is 0 Å². The number of aromatic nitrogens is 3. The summed E-state index contributed by atoms with van der Waals surface area (Å²) < 4.78 is 1.70. The molecule has 0 atom stereocenters. The summed E-state index contributed by atoms with van der Waals surface area (Å²) >= 11 is 0. The van der Waals surface area contributed by atoms with Crippen molar-refractivity contribution in [2.24, 2.45) is 11.7 Å². The highest BCUT2D eigenvalue weighted by Crippen LogP contribution is 2.34. The monoisotopic (exact) mass is 272 g/mol. The van der Waals surface area contributed by atoms with Crippen LogP contribution in [0.2, 0.25) is 0 Å². The van der Waals surface area contributed by atoms with Gasteiger partial charge < -0.3 is 5.73 Å². The van der Waals surface area contributed by atoms with E-state index in [0.29, 0.717) is 11.8 Å². The fraction of sp³-hybridized carbons (Fsp3) is 0.467. The minimum Gasteiger partial charge on any atom is -0.330 e. The van der Waals surface area contributed by atoms with Crippen molar-refractivity contribution in [2.45, 2.75) is 31.6 Å². The lowest BCUT2D eigenvalue weighted by atomic mass is 9.81. The quantitative estimate of drug-likeness (QED) is 0.894. The van der Waals surface area contributed by atoms with Gasteiger partial charge in [-0.25, -0.2) is 14.5 Å². The molecule has 5 heteroatoms. The van der Waals surface area contributed by atoms with Crippen LogP contribution in [-0.4, -0.2) is 21.3 Å². The standard InChI is InChI=1S/C15H20N4O/c16-10-11-6-8-12(9-7-11)14-17-18-15(20)19(14)13-4-2-1-3-5-13/h1-5,11-12H,6-10,16H2,(H,18,20). The van der Waals surface area contributed by atoms with E-state index in [0.717, 1.165) is 43.7 Å². The lowest BCUT2D eigenvalue weighted by Crippen LogP contribution is -2.24. The number of nitrogens with zero attached hydrogens (tertiary/aromatic N) is 2. The number of nitrogens with two attached hydrogens (primary N) is 1. The molecule has 106 valence electrons. The predicted octanol–water partition coefficient (Wildman–Crippen LogP) is 1.79. The molecule has 0 radical (unpaired) electrons. The van der Waals surface area contributed by atoms with Gasteiger partial charge in [0, 0.05) is 5.92 Å². The second kappa shape index (κ2) is 5.63. The van der Waals surface area contributed by atoms with Gasteiger partial charge in [0.25, 0.3) is 0 Å². The summed E-state index contributed by atoms with van der Waals surface area (Å²) in [5, 5.41) is 6.85. The second-order valence-corrected chi connectivity index (χ2v) is 5.51. The van der Waals surface area contributed by atoms with Gasteiger partial charge in [0.15, 0.2) is 0 Å². The topological polar surface area (TPSA) is 76.7 Å². The molecule has 1 fully saturated rings. The maximum absolute atomic E-state index is 12.0. The third-order valence-electron chi connectivity index (χ3n) is 4.26. The largest absolute Gasteiger partial charge is 0.347 e. The molecule has 1 aromatic heterocycles. The van der Waals surface area contributed by atoms with Crippen molar-refractivity contribution in [2.75, 3.05) is 6.54 Å². The van der Waals surface area contributed by atoms with Crippen LogP contribution in [-0.2, 0) is 0 Å². The number of aromatic amines is 1. The zero-order chi connectivity index (χ0) is 13.9. The molecule has 0 bridgehead atoms. The van der Waals surface area contributed by atoms with E-state index in [-0.39, 0.29) is 5.69 Å². The molecule has 0 saturated heterocycles. The molecule has 2 aromatic rings. The van der Waals surface area contributed by atoms with Gasteiger partial charge in [0.2, 0.25) is 0 Å². The number of hydrogen-bond donors (Lipinski definition) is 2. The van der Waals surface area contributed by atoms with Crippen LogP contribution in [0.25, 0.3) is 5.69 Å². The first-order valence-corrected chi connectivity index (χ1v) is 7.22. The first-order valence-electron chi connectivity index (χ1n) is 7.22. The van der Waals surface area contributed by atoms with Crippen molar-refractivity contribution in [3.63, 3.8) is 0 Å². The van der Waals surface area contributed by atoms with Crippen molar-refractivity contribution in [3.05, 3.63) is 46.6 Å². The third-order valence-corrected chi connectivity index (χ3v) is 4.26. The van der Waals surface area contributed by atoms with E-state index >= 15 is 0 Å². The van der Waals surface area contributed by atoms with Crippen molar-refractivity contribution in [1.82, 2.24) is 14.8 Å². The average molecular weight is 272 g/mol. The average Bonchev–Trinajstić information content (AvgIpc) is 2.90. The predicted molar refractivity (Wildman–Crippen MR) is 77.9 cm³/mol. The van der Waals surface area contributed by atoms with E-state index in [1.807, 2.05) is 30.3 Å². The van der Waals surface area contributed by atoms with Crippen LogP contribution in [0.1, 0.15) is 37.4 Å². The molecule has 1 heterocycles. The van der Waals surface area contributed by atoms with Crippen LogP contribution in [0.15, 0.2) is 35.1 Å². The van der Waals surface area contributed by atoms with Crippen LogP contribution < -0.4 is 11.4 Å². The van der Waals surface area contributed by atoms with Crippen LogP contribution in [0.4, 0.5) is 0 Å². The van der Waals surface area contributed by atoms with Gasteiger partial charge in [0.05, 0.1) is 5.69 Å². The van der Waals surface area contributed by atoms with Crippen LogP contribution in [0.3, 0.4) is 0 Å². The molecule has 3 rings (SSSR count). The summed E-state index contributed by atoms with van der Waals surface area (Å²) in [5.74, 6) is 1.83. The number of hydrogen-bond acceptors (Lipinski definition) is 3. The molecule has 20 heavy (non-hydrogen) atoms. The Kier molecular flexibility index (Phi) is 3.69. The second-order valence-electron chi connectivity index (χ2n) is 5.51. The van der Waals surface area contributed by atoms with Gasteiger partial charge in [-0.2, -0.15) is 5.10 Å². The zero-order valence-corrected chi connectivity index (χ0v) is 11.5. The maximum Gasteiger partial charge on any atom is 0.347 e. The molecule has 0 aliphatic heterocycles. The minimum atomic E-state index is -0.160. The molecule has 0 unspecified atom stereocenters. The SMILES string of the molecule is NCC1CCC(c2n[nH]c(=O)n2-c2ccccc2)CC1. The normalized spacial score (nSPS) is 22.9. The van der Waals surface area contributed by atoms with E-state index in [9.17, 15) is 4.79 Å². The summed E-state index contributed by atoms with van der Waals surface area (Å²) in [5.41, 5.74) is 6.45. The molecular formula is C15H20N4O.